The molecule has 0 atom stereocenters. The molecule has 0 aliphatic heterocycles. The first-order valence-electron chi connectivity index (χ1n) is 12.2. The molecule has 4 fully saturated rings. The summed E-state index contributed by atoms with van der Waals surface area (Å²) >= 11 is 0. The standard InChI is InChI=1S/C24H42OSi2/c1-3-26(21-13-5-6-14-21,22-15-7-8-16-22)25-27(4-2,23-17-9-10-18-23)24-19-11-12-20-24/h3-4,21-24H,1-2,5-20H2. The average Bonchev–Trinajstić information content (AvgIpc) is 3.52. The van der Waals surface area contributed by atoms with Gasteiger partial charge >= 0.3 is 0 Å². The minimum atomic E-state index is -1.94. The molecule has 152 valence electrons. The van der Waals surface area contributed by atoms with Crippen molar-refractivity contribution in [1.82, 2.24) is 0 Å². The molecule has 0 aromatic carbocycles. The summed E-state index contributed by atoms with van der Waals surface area (Å²) in [6, 6.07) is 0. The fourth-order valence-corrected chi connectivity index (χ4v) is 21.3. The Morgan fingerprint density at radius 1 is 0.481 bits per heavy atom. The van der Waals surface area contributed by atoms with Crippen LogP contribution in [0.4, 0.5) is 0 Å². The van der Waals surface area contributed by atoms with Crippen LogP contribution in [-0.4, -0.2) is 16.6 Å². The van der Waals surface area contributed by atoms with E-state index in [0.717, 1.165) is 22.2 Å². The topological polar surface area (TPSA) is 9.23 Å². The van der Waals surface area contributed by atoms with Gasteiger partial charge < -0.3 is 4.12 Å². The molecular formula is C24H42OSi2. The van der Waals surface area contributed by atoms with Crippen molar-refractivity contribution in [3.63, 3.8) is 0 Å². The molecule has 0 heterocycles. The molecule has 4 saturated carbocycles. The van der Waals surface area contributed by atoms with Crippen molar-refractivity contribution in [2.24, 2.45) is 0 Å². The third kappa shape index (κ3) is 3.61. The highest BCUT2D eigenvalue weighted by atomic mass is 28.4. The molecular weight excluding hydrogens is 360 g/mol. The average molecular weight is 403 g/mol. The lowest BCUT2D eigenvalue weighted by Crippen LogP contribution is -2.58. The summed E-state index contributed by atoms with van der Waals surface area (Å²) in [5.74, 6) is 0. The number of rotatable bonds is 8. The van der Waals surface area contributed by atoms with Gasteiger partial charge in [0.15, 0.2) is 0 Å². The summed E-state index contributed by atoms with van der Waals surface area (Å²) in [4.78, 5) is 0. The number of hydrogen-bond donors (Lipinski definition) is 0. The van der Waals surface area contributed by atoms with E-state index in [2.05, 4.69) is 24.6 Å². The van der Waals surface area contributed by atoms with Crippen molar-refractivity contribution >= 4 is 16.6 Å². The van der Waals surface area contributed by atoms with E-state index in [1.54, 1.807) is 0 Å². The van der Waals surface area contributed by atoms with Gasteiger partial charge in [-0.3, -0.25) is 0 Å². The zero-order chi connectivity index (χ0) is 18.7. The van der Waals surface area contributed by atoms with E-state index in [1.807, 2.05) is 0 Å². The molecule has 4 aliphatic carbocycles. The van der Waals surface area contributed by atoms with E-state index in [9.17, 15) is 0 Å². The molecule has 4 aliphatic rings. The zero-order valence-electron chi connectivity index (χ0n) is 17.6. The molecule has 0 spiro atoms. The summed E-state index contributed by atoms with van der Waals surface area (Å²) in [6.07, 6.45) is 22.8. The first kappa shape index (κ1) is 20.2. The molecule has 0 aromatic rings. The van der Waals surface area contributed by atoms with Crippen LogP contribution in [0.1, 0.15) is 103 Å². The summed E-state index contributed by atoms with van der Waals surface area (Å²) in [5, 5.41) is 0. The highest BCUT2D eigenvalue weighted by Crippen LogP contribution is 2.57. The Morgan fingerprint density at radius 3 is 0.889 bits per heavy atom. The van der Waals surface area contributed by atoms with Crippen LogP contribution >= 0.6 is 0 Å². The predicted molar refractivity (Wildman–Crippen MR) is 122 cm³/mol. The van der Waals surface area contributed by atoms with Crippen LogP contribution in [-0.2, 0) is 4.12 Å². The highest BCUT2D eigenvalue weighted by molar-refractivity contribution is 6.94. The van der Waals surface area contributed by atoms with Gasteiger partial charge in [-0.15, -0.1) is 13.2 Å². The fourth-order valence-electron chi connectivity index (χ4n) is 7.56. The smallest absolute Gasteiger partial charge is 0.210 e. The van der Waals surface area contributed by atoms with Crippen LogP contribution in [0.3, 0.4) is 0 Å². The lowest BCUT2D eigenvalue weighted by molar-refractivity contribution is 0.447. The predicted octanol–water partition coefficient (Wildman–Crippen LogP) is 8.12. The van der Waals surface area contributed by atoms with Gasteiger partial charge in [-0.2, -0.15) is 0 Å². The second-order valence-corrected chi connectivity index (χ2v) is 18.5. The molecule has 0 aromatic heterocycles. The molecule has 4 rings (SSSR count). The first-order valence-corrected chi connectivity index (χ1v) is 16.5. The Balaban J connectivity index is 1.72. The van der Waals surface area contributed by atoms with E-state index in [0.29, 0.717) is 0 Å². The normalized spacial score (nSPS) is 27.0. The molecule has 0 bridgehead atoms. The SMILES string of the molecule is C=C[Si](O[Si](C=C)(C1CCCC1)C1CCCC1)(C1CCCC1)C1CCCC1. The Labute approximate surface area is 170 Å². The van der Waals surface area contributed by atoms with Crippen molar-refractivity contribution in [3.05, 3.63) is 24.6 Å². The molecule has 0 N–H and O–H groups in total. The Kier molecular flexibility index (Phi) is 6.50. The second kappa shape index (κ2) is 8.71. The van der Waals surface area contributed by atoms with Crippen LogP contribution in [0.25, 0.3) is 0 Å². The molecule has 0 saturated heterocycles. The third-order valence-electron chi connectivity index (χ3n) is 8.96. The Morgan fingerprint density at radius 2 is 0.704 bits per heavy atom. The van der Waals surface area contributed by atoms with Crippen molar-refractivity contribution in [2.75, 3.05) is 0 Å². The lowest BCUT2D eigenvalue weighted by atomic mass is 10.3. The van der Waals surface area contributed by atoms with E-state index in [4.69, 9.17) is 4.12 Å². The van der Waals surface area contributed by atoms with Gasteiger partial charge in [-0.1, -0.05) is 114 Å². The first-order chi connectivity index (χ1) is 13.2. The van der Waals surface area contributed by atoms with Crippen LogP contribution in [0.2, 0.25) is 22.2 Å². The van der Waals surface area contributed by atoms with Crippen LogP contribution in [0.5, 0.6) is 0 Å². The molecule has 0 radical (unpaired) electrons. The van der Waals surface area contributed by atoms with Gasteiger partial charge in [-0.25, -0.2) is 0 Å². The van der Waals surface area contributed by atoms with Gasteiger partial charge in [0.1, 0.15) is 0 Å². The van der Waals surface area contributed by atoms with Crippen molar-refractivity contribution in [3.8, 4) is 0 Å². The van der Waals surface area contributed by atoms with Gasteiger partial charge in [0.2, 0.25) is 16.6 Å². The summed E-state index contributed by atoms with van der Waals surface area (Å²) in [6.45, 7) is 9.04. The van der Waals surface area contributed by atoms with E-state index >= 15 is 0 Å². The van der Waals surface area contributed by atoms with Gasteiger partial charge in [0.05, 0.1) is 0 Å². The molecule has 3 heteroatoms. The van der Waals surface area contributed by atoms with Crippen molar-refractivity contribution < 1.29 is 4.12 Å². The van der Waals surface area contributed by atoms with Crippen molar-refractivity contribution in [1.29, 1.82) is 0 Å². The van der Waals surface area contributed by atoms with Gasteiger partial charge in [0, 0.05) is 0 Å². The highest BCUT2D eigenvalue weighted by Gasteiger charge is 2.57. The van der Waals surface area contributed by atoms with E-state index in [1.165, 1.54) is 103 Å². The summed E-state index contributed by atoms with van der Waals surface area (Å²) in [5.41, 5.74) is 8.35. The van der Waals surface area contributed by atoms with E-state index < -0.39 is 16.6 Å². The summed E-state index contributed by atoms with van der Waals surface area (Å²) < 4.78 is 7.90. The minimum absolute atomic E-state index is 0.854. The maximum Gasteiger partial charge on any atom is 0.210 e. The molecule has 27 heavy (non-hydrogen) atoms. The van der Waals surface area contributed by atoms with Crippen LogP contribution in [0.15, 0.2) is 24.6 Å². The van der Waals surface area contributed by atoms with Gasteiger partial charge in [-0.05, 0) is 22.2 Å². The molecule has 0 unspecified atom stereocenters. The minimum Gasteiger partial charge on any atom is -0.448 e. The fraction of sp³-hybridized carbons (Fsp3) is 0.833. The largest absolute Gasteiger partial charge is 0.448 e. The Hall–Kier alpha value is -0.126. The Bertz CT molecular complexity index is 428. The number of hydrogen-bond acceptors (Lipinski definition) is 1. The molecule has 1 nitrogen and oxygen atoms in total. The van der Waals surface area contributed by atoms with Gasteiger partial charge in [0.25, 0.3) is 0 Å². The van der Waals surface area contributed by atoms with Crippen molar-refractivity contribution in [2.45, 2.75) is 125 Å². The third-order valence-corrected chi connectivity index (χ3v) is 20.5. The van der Waals surface area contributed by atoms with Crippen LogP contribution in [0, 0.1) is 0 Å². The lowest BCUT2D eigenvalue weighted by Gasteiger charge is -2.50. The van der Waals surface area contributed by atoms with E-state index in [-0.39, 0.29) is 0 Å². The maximum atomic E-state index is 7.90. The summed E-state index contributed by atoms with van der Waals surface area (Å²) in [7, 11) is -3.88. The quantitative estimate of drug-likeness (QED) is 0.372. The zero-order valence-corrected chi connectivity index (χ0v) is 19.6. The van der Waals surface area contributed by atoms with Crippen LogP contribution < -0.4 is 0 Å². The monoisotopic (exact) mass is 402 g/mol. The second-order valence-electron chi connectivity index (χ2n) is 10.1. The maximum absolute atomic E-state index is 7.90. The molecule has 0 amide bonds.